The van der Waals surface area contributed by atoms with E-state index in [1.54, 1.807) is 0 Å². The van der Waals surface area contributed by atoms with Gasteiger partial charge in [-0.3, -0.25) is 9.59 Å². The number of rotatable bonds is 0. The zero-order valence-electron chi connectivity index (χ0n) is 12.8. The van der Waals surface area contributed by atoms with Gasteiger partial charge in [-0.15, -0.1) is 0 Å². The second kappa shape index (κ2) is 4.64. The third kappa shape index (κ3) is 1.67. The van der Waals surface area contributed by atoms with Gasteiger partial charge < -0.3 is 0 Å². The van der Waals surface area contributed by atoms with Crippen LogP contribution >= 0.6 is 0 Å². The molecular weight excluding hydrogens is 272 g/mol. The van der Waals surface area contributed by atoms with Crippen molar-refractivity contribution in [2.75, 3.05) is 0 Å². The van der Waals surface area contributed by atoms with E-state index in [0.29, 0.717) is 6.42 Å². The molecule has 2 heteroatoms. The summed E-state index contributed by atoms with van der Waals surface area (Å²) in [5.41, 5.74) is 4.97. The van der Waals surface area contributed by atoms with Crippen LogP contribution < -0.4 is 0 Å². The molecule has 22 heavy (non-hydrogen) atoms. The predicted molar refractivity (Wildman–Crippen MR) is 85.5 cm³/mol. The summed E-state index contributed by atoms with van der Waals surface area (Å²) in [5, 5.41) is 0. The van der Waals surface area contributed by atoms with Crippen molar-refractivity contribution in [3.05, 3.63) is 70.3 Å². The molecule has 110 valence electrons. The van der Waals surface area contributed by atoms with Gasteiger partial charge in [-0.05, 0) is 29.5 Å². The van der Waals surface area contributed by atoms with Gasteiger partial charge in [0.25, 0.3) is 0 Å². The number of hydrogen-bond acceptors (Lipinski definition) is 2. The van der Waals surface area contributed by atoms with Crippen LogP contribution in [0.2, 0.25) is 0 Å². The Morgan fingerprint density at radius 3 is 2.50 bits per heavy atom. The molecular formula is C20H18O2. The molecule has 0 aliphatic heterocycles. The van der Waals surface area contributed by atoms with Crippen molar-refractivity contribution in [1.82, 2.24) is 0 Å². The molecule has 0 unspecified atom stereocenters. The van der Waals surface area contributed by atoms with Gasteiger partial charge in [-0.2, -0.15) is 0 Å². The molecule has 2 nitrogen and oxygen atoms in total. The standard InChI is InChI=1S/C20H18O2/c1-11-6-5-9-15-17(21)10-16-19(18(11)15)12(2)13-7-3-4-8-14(13)20(16)22/h3-9,12,16,19H,10H2,1-2H3/t12-,16-,19+/m1/s1. The number of fused-ring (bicyclic) bond motifs is 4. The van der Waals surface area contributed by atoms with Crippen molar-refractivity contribution in [2.45, 2.75) is 32.1 Å². The van der Waals surface area contributed by atoms with Crippen molar-refractivity contribution < 1.29 is 9.59 Å². The number of carbonyl (C=O) groups excluding carboxylic acids is 2. The number of hydrogen-bond donors (Lipinski definition) is 0. The molecule has 0 amide bonds. The lowest BCUT2D eigenvalue weighted by molar-refractivity contribution is 0.0787. The van der Waals surface area contributed by atoms with Gasteiger partial charge >= 0.3 is 0 Å². The Morgan fingerprint density at radius 2 is 1.68 bits per heavy atom. The first-order chi connectivity index (χ1) is 10.6. The van der Waals surface area contributed by atoms with Gasteiger partial charge in [0.2, 0.25) is 0 Å². The molecule has 0 aromatic heterocycles. The summed E-state index contributed by atoms with van der Waals surface area (Å²) < 4.78 is 0. The van der Waals surface area contributed by atoms with E-state index in [0.717, 1.165) is 27.8 Å². The minimum absolute atomic E-state index is 0.111. The molecule has 2 aliphatic rings. The van der Waals surface area contributed by atoms with Crippen LogP contribution in [0, 0.1) is 12.8 Å². The van der Waals surface area contributed by atoms with Crippen LogP contribution in [0.3, 0.4) is 0 Å². The molecule has 3 atom stereocenters. The topological polar surface area (TPSA) is 34.1 Å². The fourth-order valence-electron chi connectivity index (χ4n) is 4.37. The Bertz CT molecular complexity index is 803. The molecule has 0 N–H and O–H groups in total. The largest absolute Gasteiger partial charge is 0.294 e. The molecule has 0 bridgehead atoms. The van der Waals surface area contributed by atoms with E-state index in [-0.39, 0.29) is 29.3 Å². The van der Waals surface area contributed by atoms with E-state index in [4.69, 9.17) is 0 Å². The van der Waals surface area contributed by atoms with Crippen LogP contribution in [0.15, 0.2) is 42.5 Å². The number of Topliss-reactive ketones (excluding diaryl/α,β-unsaturated/α-hetero) is 2. The summed E-state index contributed by atoms with van der Waals surface area (Å²) in [6.07, 6.45) is 0.346. The van der Waals surface area contributed by atoms with Crippen molar-refractivity contribution in [3.63, 3.8) is 0 Å². The van der Waals surface area contributed by atoms with Crippen molar-refractivity contribution in [2.24, 2.45) is 5.92 Å². The highest BCUT2D eigenvalue weighted by Crippen LogP contribution is 2.51. The van der Waals surface area contributed by atoms with Gasteiger partial charge in [-0.25, -0.2) is 0 Å². The molecule has 4 rings (SSSR count). The second-order valence-electron chi connectivity index (χ2n) is 6.54. The number of ketones is 2. The number of carbonyl (C=O) groups is 2. The van der Waals surface area contributed by atoms with E-state index in [2.05, 4.69) is 13.0 Å². The maximum absolute atomic E-state index is 12.9. The average Bonchev–Trinajstić information content (AvgIpc) is 2.53. The summed E-state index contributed by atoms with van der Waals surface area (Å²) in [5.74, 6) is 0.426. The van der Waals surface area contributed by atoms with E-state index >= 15 is 0 Å². The highest BCUT2D eigenvalue weighted by molar-refractivity contribution is 6.08. The maximum Gasteiger partial charge on any atom is 0.167 e. The quantitative estimate of drug-likeness (QED) is 0.725. The van der Waals surface area contributed by atoms with E-state index in [1.807, 2.05) is 43.3 Å². The molecule has 2 aromatic carbocycles. The van der Waals surface area contributed by atoms with Crippen molar-refractivity contribution in [1.29, 1.82) is 0 Å². The van der Waals surface area contributed by atoms with Gasteiger partial charge in [0.1, 0.15) is 0 Å². The molecule has 0 saturated carbocycles. The van der Waals surface area contributed by atoms with E-state index < -0.39 is 0 Å². The SMILES string of the molecule is Cc1cccc2c1[C@H]1[C@H](C)c3ccccc3C(=O)[C@@H]1CC2=O. The molecule has 0 saturated heterocycles. The van der Waals surface area contributed by atoms with Gasteiger partial charge in [0.05, 0.1) is 0 Å². The van der Waals surface area contributed by atoms with Gasteiger partial charge in [0, 0.05) is 29.4 Å². The number of aryl methyl sites for hydroxylation is 1. The van der Waals surface area contributed by atoms with E-state index in [1.165, 1.54) is 0 Å². The van der Waals surface area contributed by atoms with Crippen LogP contribution in [0.4, 0.5) is 0 Å². The normalized spacial score (nSPS) is 26.2. The average molecular weight is 290 g/mol. The van der Waals surface area contributed by atoms with Gasteiger partial charge in [-0.1, -0.05) is 49.4 Å². The molecule has 0 fully saturated rings. The summed E-state index contributed by atoms with van der Waals surface area (Å²) in [4.78, 5) is 25.4. The van der Waals surface area contributed by atoms with Gasteiger partial charge in [0.15, 0.2) is 11.6 Å². The van der Waals surface area contributed by atoms with Crippen LogP contribution in [0.1, 0.15) is 62.6 Å². The summed E-state index contributed by atoms with van der Waals surface area (Å²) in [6, 6.07) is 13.8. The maximum atomic E-state index is 12.9. The van der Waals surface area contributed by atoms with Crippen LogP contribution in [0.5, 0.6) is 0 Å². The lowest BCUT2D eigenvalue weighted by Crippen LogP contribution is -2.38. The molecule has 0 radical (unpaired) electrons. The zero-order chi connectivity index (χ0) is 15.4. The molecule has 2 aromatic rings. The zero-order valence-corrected chi connectivity index (χ0v) is 12.8. The van der Waals surface area contributed by atoms with Crippen molar-refractivity contribution >= 4 is 11.6 Å². The first kappa shape index (κ1) is 13.4. The Kier molecular flexibility index (Phi) is 2.83. The highest BCUT2D eigenvalue weighted by atomic mass is 16.1. The summed E-state index contributed by atoms with van der Waals surface area (Å²) in [6.45, 7) is 4.24. The third-order valence-corrected chi connectivity index (χ3v) is 5.39. The van der Waals surface area contributed by atoms with E-state index in [9.17, 15) is 9.59 Å². The first-order valence-corrected chi connectivity index (χ1v) is 7.85. The predicted octanol–water partition coefficient (Wildman–Crippen LogP) is 4.28. The van der Waals surface area contributed by atoms with Crippen LogP contribution in [0.25, 0.3) is 0 Å². The molecule has 0 spiro atoms. The summed E-state index contributed by atoms with van der Waals surface area (Å²) in [7, 11) is 0. The third-order valence-electron chi connectivity index (χ3n) is 5.39. The minimum Gasteiger partial charge on any atom is -0.294 e. The Morgan fingerprint density at radius 1 is 0.955 bits per heavy atom. The lowest BCUT2D eigenvalue weighted by atomic mass is 9.60. The van der Waals surface area contributed by atoms with Crippen molar-refractivity contribution in [3.8, 4) is 0 Å². The summed E-state index contributed by atoms with van der Waals surface area (Å²) >= 11 is 0. The van der Waals surface area contributed by atoms with Crippen LogP contribution in [-0.4, -0.2) is 11.6 Å². The Labute approximate surface area is 130 Å². The smallest absolute Gasteiger partial charge is 0.167 e. The monoisotopic (exact) mass is 290 g/mol. The first-order valence-electron chi connectivity index (χ1n) is 7.85. The minimum atomic E-state index is -0.203. The lowest BCUT2D eigenvalue weighted by Gasteiger charge is -2.41. The highest BCUT2D eigenvalue weighted by Gasteiger charge is 2.46. The second-order valence-corrected chi connectivity index (χ2v) is 6.54. The Balaban J connectivity index is 1.98. The molecule has 2 aliphatic carbocycles. The molecule has 0 heterocycles. The van der Waals surface area contributed by atoms with Crippen LogP contribution in [-0.2, 0) is 0 Å². The fourth-order valence-corrected chi connectivity index (χ4v) is 4.37. The number of benzene rings is 2. The Hall–Kier alpha value is -2.22. The fraction of sp³-hybridized carbons (Fsp3) is 0.300.